The maximum absolute atomic E-state index is 13.9. The molecule has 0 aromatic rings. The number of hydrogen-bond donors (Lipinski definition) is 1. The van der Waals surface area contributed by atoms with Crippen molar-refractivity contribution in [2.24, 2.45) is 5.92 Å². The fourth-order valence-electron chi connectivity index (χ4n) is 1.50. The Morgan fingerprint density at radius 3 is 2.27 bits per heavy atom. The predicted molar refractivity (Wildman–Crippen MR) is 62.9 cm³/mol. The Morgan fingerprint density at radius 2 is 1.80 bits per heavy atom. The van der Waals surface area contributed by atoms with Gasteiger partial charge in [0.2, 0.25) is 0 Å². The van der Waals surface area contributed by atoms with E-state index in [1.54, 1.807) is 0 Å². The van der Waals surface area contributed by atoms with Gasteiger partial charge in [-0.05, 0) is 12.5 Å². The van der Waals surface area contributed by atoms with E-state index in [0.717, 1.165) is 6.54 Å². The first-order valence-electron chi connectivity index (χ1n) is 6.10. The van der Waals surface area contributed by atoms with Crippen LogP contribution in [0.2, 0.25) is 0 Å². The molecule has 1 rings (SSSR count). The zero-order valence-electron chi connectivity index (χ0n) is 10.6. The summed E-state index contributed by atoms with van der Waals surface area (Å²) in [7, 11) is 0. The molecule has 0 radical (unpaired) electrons. The van der Waals surface area contributed by atoms with Gasteiger partial charge in [0.05, 0.1) is 0 Å². The number of hydrogen-bond acceptors (Lipinski definition) is 2. The van der Waals surface area contributed by atoms with Crippen molar-refractivity contribution in [3.8, 4) is 0 Å². The van der Waals surface area contributed by atoms with Crippen molar-refractivity contribution in [3.05, 3.63) is 0 Å². The van der Waals surface area contributed by atoms with Gasteiger partial charge in [-0.15, -0.1) is 0 Å². The summed E-state index contributed by atoms with van der Waals surface area (Å²) >= 11 is 0. The minimum atomic E-state index is -1.02. The summed E-state index contributed by atoms with van der Waals surface area (Å²) in [5.41, 5.74) is -1.02. The van der Waals surface area contributed by atoms with Crippen LogP contribution in [0.5, 0.6) is 0 Å². The van der Waals surface area contributed by atoms with Crippen LogP contribution in [-0.4, -0.2) is 32.0 Å². The molecule has 1 N–H and O–H groups in total. The predicted octanol–water partition coefficient (Wildman–Crippen LogP) is 2.78. The number of rotatable bonds is 4. The van der Waals surface area contributed by atoms with Crippen LogP contribution < -0.4 is 5.32 Å². The smallest absolute Gasteiger partial charge is 0.127 e. The largest absolute Gasteiger partial charge is 0.381 e. The lowest BCUT2D eigenvalue weighted by molar-refractivity contribution is -0.00796. The van der Waals surface area contributed by atoms with Crippen molar-refractivity contribution in [1.82, 2.24) is 5.32 Å². The van der Waals surface area contributed by atoms with Crippen molar-refractivity contribution in [2.75, 3.05) is 26.3 Å². The standard InChI is InChI=1S/C10H20FNO.C2H6/c1-9(2)7-12-8-10(11)3-5-13-6-4-10;1-2/h9,12H,3-8H2,1-2H3;1-2H3. The molecule has 0 bridgehead atoms. The summed E-state index contributed by atoms with van der Waals surface area (Å²) in [6.07, 6.45) is 1.08. The van der Waals surface area contributed by atoms with Crippen LogP contribution in [0.4, 0.5) is 4.39 Å². The molecule has 2 nitrogen and oxygen atoms in total. The molecule has 1 aliphatic heterocycles. The van der Waals surface area contributed by atoms with Crippen molar-refractivity contribution in [1.29, 1.82) is 0 Å². The van der Waals surface area contributed by atoms with Gasteiger partial charge in [-0.3, -0.25) is 0 Å². The van der Waals surface area contributed by atoms with Gasteiger partial charge in [-0.2, -0.15) is 0 Å². The Kier molecular flexibility index (Phi) is 7.97. The van der Waals surface area contributed by atoms with E-state index in [2.05, 4.69) is 19.2 Å². The van der Waals surface area contributed by atoms with E-state index in [0.29, 0.717) is 38.5 Å². The summed E-state index contributed by atoms with van der Waals surface area (Å²) in [6.45, 7) is 10.8. The lowest BCUT2D eigenvalue weighted by Crippen LogP contribution is -2.42. The van der Waals surface area contributed by atoms with Crippen LogP contribution in [0.25, 0.3) is 0 Å². The van der Waals surface area contributed by atoms with Crippen molar-refractivity contribution >= 4 is 0 Å². The first-order valence-corrected chi connectivity index (χ1v) is 6.10. The molecule has 0 saturated carbocycles. The minimum absolute atomic E-state index is 0.481. The lowest BCUT2D eigenvalue weighted by atomic mass is 9.96. The van der Waals surface area contributed by atoms with E-state index in [9.17, 15) is 4.39 Å². The van der Waals surface area contributed by atoms with Gasteiger partial charge < -0.3 is 10.1 Å². The first-order chi connectivity index (χ1) is 7.12. The zero-order valence-corrected chi connectivity index (χ0v) is 10.6. The minimum Gasteiger partial charge on any atom is -0.381 e. The molecule has 0 aromatic heterocycles. The van der Waals surface area contributed by atoms with Crippen molar-refractivity contribution in [3.63, 3.8) is 0 Å². The second-order valence-electron chi connectivity index (χ2n) is 4.29. The fraction of sp³-hybridized carbons (Fsp3) is 1.00. The van der Waals surface area contributed by atoms with Crippen LogP contribution in [0.3, 0.4) is 0 Å². The number of alkyl halides is 1. The van der Waals surface area contributed by atoms with Gasteiger partial charge in [0.25, 0.3) is 0 Å². The van der Waals surface area contributed by atoms with Crippen molar-refractivity contribution in [2.45, 2.75) is 46.2 Å². The first kappa shape index (κ1) is 14.8. The Bertz CT molecular complexity index is 145. The summed E-state index contributed by atoms with van der Waals surface area (Å²) in [6, 6.07) is 0. The Balaban J connectivity index is 0.000000921. The molecule has 1 heterocycles. The van der Waals surface area contributed by atoms with Gasteiger partial charge in [0, 0.05) is 32.6 Å². The molecule has 0 amide bonds. The Morgan fingerprint density at radius 1 is 1.27 bits per heavy atom. The highest BCUT2D eigenvalue weighted by Crippen LogP contribution is 2.24. The normalized spacial score (nSPS) is 19.6. The molecule has 0 aromatic carbocycles. The molecule has 0 spiro atoms. The molecule has 92 valence electrons. The summed E-state index contributed by atoms with van der Waals surface area (Å²) in [4.78, 5) is 0. The molecule has 1 aliphatic rings. The molecule has 1 fully saturated rings. The third kappa shape index (κ3) is 6.85. The maximum Gasteiger partial charge on any atom is 0.127 e. The zero-order chi connectivity index (χ0) is 11.7. The van der Waals surface area contributed by atoms with Crippen LogP contribution in [0.15, 0.2) is 0 Å². The van der Waals surface area contributed by atoms with Gasteiger partial charge in [0.15, 0.2) is 0 Å². The maximum atomic E-state index is 13.9. The van der Waals surface area contributed by atoms with Gasteiger partial charge in [-0.1, -0.05) is 27.7 Å². The monoisotopic (exact) mass is 219 g/mol. The van der Waals surface area contributed by atoms with Crippen molar-refractivity contribution < 1.29 is 9.13 Å². The van der Waals surface area contributed by atoms with Gasteiger partial charge in [0.1, 0.15) is 5.67 Å². The van der Waals surface area contributed by atoms with Crippen LogP contribution >= 0.6 is 0 Å². The molecule has 3 heteroatoms. The third-order valence-corrected chi connectivity index (χ3v) is 2.38. The van der Waals surface area contributed by atoms with E-state index in [1.165, 1.54) is 0 Å². The molecule has 0 atom stereocenters. The Labute approximate surface area is 93.6 Å². The highest BCUT2D eigenvalue weighted by molar-refractivity contribution is 4.84. The third-order valence-electron chi connectivity index (χ3n) is 2.38. The van der Waals surface area contributed by atoms with E-state index < -0.39 is 5.67 Å². The van der Waals surface area contributed by atoms with Gasteiger partial charge in [-0.25, -0.2) is 4.39 Å². The number of ether oxygens (including phenoxy) is 1. The SMILES string of the molecule is CC.CC(C)CNCC1(F)CCOCC1. The lowest BCUT2D eigenvalue weighted by Gasteiger charge is -2.29. The molecule has 1 saturated heterocycles. The van der Waals surface area contributed by atoms with Gasteiger partial charge >= 0.3 is 0 Å². The highest BCUT2D eigenvalue weighted by Gasteiger charge is 2.31. The summed E-state index contributed by atoms with van der Waals surface area (Å²) in [5, 5.41) is 3.16. The summed E-state index contributed by atoms with van der Waals surface area (Å²) < 4.78 is 19.0. The van der Waals surface area contributed by atoms with Crippen LogP contribution in [0, 0.1) is 5.92 Å². The van der Waals surface area contributed by atoms with E-state index in [1.807, 2.05) is 13.8 Å². The topological polar surface area (TPSA) is 21.3 Å². The van der Waals surface area contributed by atoms with E-state index >= 15 is 0 Å². The number of halogens is 1. The van der Waals surface area contributed by atoms with E-state index in [-0.39, 0.29) is 0 Å². The fourth-order valence-corrected chi connectivity index (χ4v) is 1.50. The average Bonchev–Trinajstić information content (AvgIpc) is 2.21. The van der Waals surface area contributed by atoms with Crippen LogP contribution in [-0.2, 0) is 4.74 Å². The number of nitrogens with one attached hydrogen (secondary N) is 1. The molecule has 15 heavy (non-hydrogen) atoms. The quantitative estimate of drug-likeness (QED) is 0.785. The van der Waals surface area contributed by atoms with E-state index in [4.69, 9.17) is 4.74 Å². The second-order valence-corrected chi connectivity index (χ2v) is 4.29. The second kappa shape index (κ2) is 8.05. The Hall–Kier alpha value is -0.150. The highest BCUT2D eigenvalue weighted by atomic mass is 19.1. The molecular weight excluding hydrogens is 193 g/mol. The van der Waals surface area contributed by atoms with Crippen LogP contribution in [0.1, 0.15) is 40.5 Å². The molecule has 0 aliphatic carbocycles. The molecular formula is C12H26FNO. The molecule has 0 unspecified atom stereocenters. The summed E-state index contributed by atoms with van der Waals surface area (Å²) in [5.74, 6) is 0.587. The average molecular weight is 219 g/mol.